The molecular weight excluding hydrogens is 322 g/mol. The van der Waals surface area contributed by atoms with Crippen molar-refractivity contribution in [2.24, 2.45) is 4.99 Å². The van der Waals surface area contributed by atoms with Crippen molar-refractivity contribution in [3.63, 3.8) is 0 Å². The van der Waals surface area contributed by atoms with Gasteiger partial charge < -0.3 is 15.5 Å². The number of aromatic nitrogens is 1. The molecule has 0 unspecified atom stereocenters. The van der Waals surface area contributed by atoms with E-state index in [1.165, 1.54) is 0 Å². The molecule has 0 aliphatic carbocycles. The first-order valence-electron chi connectivity index (χ1n) is 7.97. The summed E-state index contributed by atoms with van der Waals surface area (Å²) < 4.78 is 0. The van der Waals surface area contributed by atoms with Crippen LogP contribution in [0.2, 0.25) is 5.02 Å². The van der Waals surface area contributed by atoms with Crippen molar-refractivity contribution in [3.05, 3.63) is 58.7 Å². The molecular formula is C18H24ClN5. The quantitative estimate of drug-likeness (QED) is 0.624. The third-order valence-electron chi connectivity index (χ3n) is 3.41. The molecule has 6 heteroatoms. The fraction of sp³-hybridized carbons (Fsp3) is 0.333. The summed E-state index contributed by atoms with van der Waals surface area (Å²) >= 11 is 5.91. The van der Waals surface area contributed by atoms with Gasteiger partial charge in [0.2, 0.25) is 0 Å². The number of aliphatic imine (C=N–C) groups is 1. The van der Waals surface area contributed by atoms with E-state index in [1.54, 1.807) is 0 Å². The number of halogens is 1. The Morgan fingerprint density at radius 1 is 1.12 bits per heavy atom. The normalized spacial score (nSPS) is 11.2. The molecule has 0 atom stereocenters. The Morgan fingerprint density at radius 2 is 1.88 bits per heavy atom. The summed E-state index contributed by atoms with van der Waals surface area (Å²) in [7, 11) is 3.96. The summed E-state index contributed by atoms with van der Waals surface area (Å²) in [6, 6.07) is 11.8. The van der Waals surface area contributed by atoms with E-state index in [1.807, 2.05) is 61.6 Å². The van der Waals surface area contributed by atoms with Crippen molar-refractivity contribution in [2.45, 2.75) is 20.0 Å². The smallest absolute Gasteiger partial charge is 0.191 e. The lowest BCUT2D eigenvalue weighted by Crippen LogP contribution is -2.36. The van der Waals surface area contributed by atoms with Crippen LogP contribution in [0.15, 0.2) is 47.6 Å². The van der Waals surface area contributed by atoms with E-state index < -0.39 is 0 Å². The van der Waals surface area contributed by atoms with Gasteiger partial charge in [0, 0.05) is 38.4 Å². The Labute approximate surface area is 148 Å². The number of hydrogen-bond donors (Lipinski definition) is 2. The van der Waals surface area contributed by atoms with Gasteiger partial charge in [-0.05, 0) is 42.3 Å². The first-order valence-corrected chi connectivity index (χ1v) is 8.35. The Morgan fingerprint density at radius 3 is 2.54 bits per heavy atom. The number of benzene rings is 1. The molecule has 0 aliphatic rings. The van der Waals surface area contributed by atoms with Crippen LogP contribution in [-0.2, 0) is 13.1 Å². The standard InChI is InChI=1S/C18H24ClN5/c1-4-20-18(22-12-14-5-7-16(19)8-6-14)23-13-15-9-10-21-17(11-15)24(2)3/h5-11H,4,12-13H2,1-3H3,(H2,20,22,23). The second-order valence-corrected chi connectivity index (χ2v) is 6.03. The van der Waals surface area contributed by atoms with Crippen LogP contribution in [0.3, 0.4) is 0 Å². The highest BCUT2D eigenvalue weighted by molar-refractivity contribution is 6.30. The summed E-state index contributed by atoms with van der Waals surface area (Å²) in [4.78, 5) is 10.9. The van der Waals surface area contributed by atoms with Gasteiger partial charge in [-0.2, -0.15) is 0 Å². The number of nitrogens with zero attached hydrogens (tertiary/aromatic N) is 3. The topological polar surface area (TPSA) is 52.6 Å². The number of nitrogens with one attached hydrogen (secondary N) is 2. The number of hydrogen-bond acceptors (Lipinski definition) is 3. The van der Waals surface area contributed by atoms with Crippen molar-refractivity contribution in [3.8, 4) is 0 Å². The third-order valence-corrected chi connectivity index (χ3v) is 3.66. The van der Waals surface area contributed by atoms with Gasteiger partial charge in [0.15, 0.2) is 5.96 Å². The van der Waals surface area contributed by atoms with Gasteiger partial charge in [0.05, 0.1) is 6.54 Å². The van der Waals surface area contributed by atoms with E-state index in [9.17, 15) is 0 Å². The molecule has 0 bridgehead atoms. The minimum atomic E-state index is 0.597. The van der Waals surface area contributed by atoms with Gasteiger partial charge in [0.25, 0.3) is 0 Å². The highest BCUT2D eigenvalue weighted by Gasteiger charge is 2.01. The average Bonchev–Trinajstić information content (AvgIpc) is 2.59. The van der Waals surface area contributed by atoms with Crippen LogP contribution in [0.5, 0.6) is 0 Å². The fourth-order valence-corrected chi connectivity index (χ4v) is 2.23. The lowest BCUT2D eigenvalue weighted by molar-refractivity contribution is 0.816. The van der Waals surface area contributed by atoms with Crippen molar-refractivity contribution < 1.29 is 0 Å². The van der Waals surface area contributed by atoms with E-state index in [0.29, 0.717) is 13.1 Å². The molecule has 0 radical (unpaired) electrons. The van der Waals surface area contributed by atoms with E-state index >= 15 is 0 Å². The lowest BCUT2D eigenvalue weighted by Gasteiger charge is -2.13. The first-order chi connectivity index (χ1) is 11.6. The second kappa shape index (κ2) is 9.13. The van der Waals surface area contributed by atoms with Crippen LogP contribution in [0.25, 0.3) is 0 Å². The minimum Gasteiger partial charge on any atom is -0.363 e. The van der Waals surface area contributed by atoms with Crippen LogP contribution >= 0.6 is 11.6 Å². The predicted octanol–water partition coefficient (Wildman–Crippen LogP) is 3.06. The molecule has 1 heterocycles. The van der Waals surface area contributed by atoms with Crippen LogP contribution in [0.1, 0.15) is 18.1 Å². The van der Waals surface area contributed by atoms with Crippen molar-refractivity contribution in [1.82, 2.24) is 15.6 Å². The summed E-state index contributed by atoms with van der Waals surface area (Å²) in [5, 5.41) is 7.34. The lowest BCUT2D eigenvalue weighted by atomic mass is 10.2. The summed E-state index contributed by atoms with van der Waals surface area (Å²) in [5.41, 5.74) is 2.28. The van der Waals surface area contributed by atoms with Crippen LogP contribution in [0, 0.1) is 0 Å². The van der Waals surface area contributed by atoms with Gasteiger partial charge in [-0.1, -0.05) is 23.7 Å². The Bertz CT molecular complexity index is 667. The molecule has 24 heavy (non-hydrogen) atoms. The predicted molar refractivity (Wildman–Crippen MR) is 102 cm³/mol. The first kappa shape index (κ1) is 18.1. The number of anilines is 1. The summed E-state index contributed by atoms with van der Waals surface area (Å²) in [6.45, 7) is 4.16. The van der Waals surface area contributed by atoms with Crippen LogP contribution in [0.4, 0.5) is 5.82 Å². The maximum Gasteiger partial charge on any atom is 0.191 e. The highest BCUT2D eigenvalue weighted by atomic mass is 35.5. The van der Waals surface area contributed by atoms with E-state index in [-0.39, 0.29) is 0 Å². The van der Waals surface area contributed by atoms with Crippen molar-refractivity contribution in [2.75, 3.05) is 25.5 Å². The Kier molecular flexibility index (Phi) is 6.88. The Hall–Kier alpha value is -2.27. The zero-order valence-corrected chi connectivity index (χ0v) is 15.1. The number of rotatable bonds is 6. The molecule has 5 nitrogen and oxygen atoms in total. The van der Waals surface area contributed by atoms with Crippen molar-refractivity contribution in [1.29, 1.82) is 0 Å². The molecule has 0 spiro atoms. The summed E-state index contributed by atoms with van der Waals surface area (Å²) in [5.74, 6) is 1.72. The highest BCUT2D eigenvalue weighted by Crippen LogP contribution is 2.11. The minimum absolute atomic E-state index is 0.597. The maximum absolute atomic E-state index is 5.91. The molecule has 128 valence electrons. The van der Waals surface area contributed by atoms with E-state index in [2.05, 4.69) is 27.5 Å². The van der Waals surface area contributed by atoms with Crippen LogP contribution in [-0.4, -0.2) is 31.6 Å². The van der Waals surface area contributed by atoms with Gasteiger partial charge >= 0.3 is 0 Å². The van der Waals surface area contributed by atoms with E-state index in [4.69, 9.17) is 11.6 Å². The average molecular weight is 346 g/mol. The van der Waals surface area contributed by atoms with Crippen molar-refractivity contribution >= 4 is 23.4 Å². The second-order valence-electron chi connectivity index (χ2n) is 5.59. The van der Waals surface area contributed by atoms with E-state index in [0.717, 1.165) is 34.5 Å². The molecule has 2 rings (SSSR count). The van der Waals surface area contributed by atoms with Gasteiger partial charge in [-0.15, -0.1) is 0 Å². The zero-order chi connectivity index (χ0) is 17.4. The third kappa shape index (κ3) is 5.74. The number of guanidine groups is 1. The molecule has 1 aromatic heterocycles. The van der Waals surface area contributed by atoms with Gasteiger partial charge in [0.1, 0.15) is 5.82 Å². The SMILES string of the molecule is CCNC(=NCc1ccnc(N(C)C)c1)NCc1ccc(Cl)cc1. The molecule has 0 fully saturated rings. The fourth-order valence-electron chi connectivity index (χ4n) is 2.10. The van der Waals surface area contributed by atoms with Gasteiger partial charge in [-0.3, -0.25) is 0 Å². The van der Waals surface area contributed by atoms with Crippen LogP contribution < -0.4 is 15.5 Å². The molecule has 2 aromatic rings. The molecule has 0 saturated heterocycles. The molecule has 1 aromatic carbocycles. The largest absolute Gasteiger partial charge is 0.363 e. The zero-order valence-electron chi connectivity index (χ0n) is 14.4. The number of pyridine rings is 1. The molecule has 0 saturated carbocycles. The maximum atomic E-state index is 5.91. The Balaban J connectivity index is 1.99. The van der Waals surface area contributed by atoms with Gasteiger partial charge in [-0.25, -0.2) is 9.98 Å². The molecule has 0 aliphatic heterocycles. The molecule has 2 N–H and O–H groups in total. The molecule has 0 amide bonds. The summed E-state index contributed by atoms with van der Waals surface area (Å²) in [6.07, 6.45) is 1.81. The monoisotopic (exact) mass is 345 g/mol.